The highest BCUT2D eigenvalue weighted by molar-refractivity contribution is 5.85. The molecule has 4 heteroatoms. The topological polar surface area (TPSA) is 38.5 Å². The van der Waals surface area contributed by atoms with Crippen LogP contribution in [0.2, 0.25) is 0 Å². The molecule has 1 saturated heterocycles. The lowest BCUT2D eigenvalue weighted by Gasteiger charge is -2.29. The van der Waals surface area contributed by atoms with Crippen molar-refractivity contribution in [2.24, 2.45) is 11.7 Å². The van der Waals surface area contributed by atoms with Gasteiger partial charge in [-0.2, -0.15) is 0 Å². The van der Waals surface area contributed by atoms with Gasteiger partial charge in [0.25, 0.3) is 0 Å². The number of rotatable bonds is 4. The van der Waals surface area contributed by atoms with Crippen molar-refractivity contribution >= 4 is 12.4 Å². The van der Waals surface area contributed by atoms with Gasteiger partial charge in [0.15, 0.2) is 0 Å². The molecule has 1 aromatic carbocycles. The molecule has 2 rings (SSSR count). The Balaban J connectivity index is 0.00000180. The number of nitrogens with two attached hydrogens (primary N) is 1. The quantitative estimate of drug-likeness (QED) is 0.924. The second-order valence-electron chi connectivity index (χ2n) is 5.34. The van der Waals surface area contributed by atoms with Gasteiger partial charge in [0.2, 0.25) is 0 Å². The Morgan fingerprint density at radius 3 is 2.79 bits per heavy atom. The molecule has 1 aliphatic rings. The second kappa shape index (κ2) is 7.13. The summed E-state index contributed by atoms with van der Waals surface area (Å²) in [7, 11) is 1.71. The Bertz CT molecular complexity index is 399. The van der Waals surface area contributed by atoms with E-state index >= 15 is 0 Å². The van der Waals surface area contributed by atoms with E-state index in [9.17, 15) is 0 Å². The van der Waals surface area contributed by atoms with Gasteiger partial charge in [-0.25, -0.2) is 0 Å². The van der Waals surface area contributed by atoms with Crippen LogP contribution in [0.1, 0.15) is 31.9 Å². The Kier molecular flexibility index (Phi) is 6.11. The smallest absolute Gasteiger partial charge is 0.119 e. The molecule has 0 radical (unpaired) electrons. The fourth-order valence-electron chi connectivity index (χ4n) is 2.97. The third kappa shape index (κ3) is 3.62. The Hall–Kier alpha value is -0.770. The van der Waals surface area contributed by atoms with Crippen LogP contribution < -0.4 is 10.5 Å². The van der Waals surface area contributed by atoms with Crippen LogP contribution in [0.15, 0.2) is 24.3 Å². The lowest BCUT2D eigenvalue weighted by molar-refractivity contribution is 0.200. The second-order valence-corrected chi connectivity index (χ2v) is 5.34. The standard InChI is InChI=1S/C15H24N2O.ClH/c1-11-7-13(9-16)10-17(11)12(2)14-5-4-6-15(8-14)18-3;/h4-6,8,11-13H,7,9-10,16H2,1-3H3;1H. The van der Waals surface area contributed by atoms with Gasteiger partial charge < -0.3 is 10.5 Å². The van der Waals surface area contributed by atoms with E-state index in [4.69, 9.17) is 10.5 Å². The molecule has 2 N–H and O–H groups in total. The summed E-state index contributed by atoms with van der Waals surface area (Å²) in [5.41, 5.74) is 7.11. The van der Waals surface area contributed by atoms with Gasteiger partial charge in [0.05, 0.1) is 7.11 Å². The molecule has 0 amide bonds. The van der Waals surface area contributed by atoms with Crippen LogP contribution in [0.4, 0.5) is 0 Å². The summed E-state index contributed by atoms with van der Waals surface area (Å²) in [6.07, 6.45) is 1.21. The van der Waals surface area contributed by atoms with Crippen molar-refractivity contribution < 1.29 is 4.74 Å². The van der Waals surface area contributed by atoms with Gasteiger partial charge in [-0.05, 0) is 50.4 Å². The summed E-state index contributed by atoms with van der Waals surface area (Å²) in [5.74, 6) is 1.58. The fourth-order valence-corrected chi connectivity index (χ4v) is 2.97. The molecule has 19 heavy (non-hydrogen) atoms. The molecule has 0 spiro atoms. The van der Waals surface area contributed by atoms with Crippen molar-refractivity contribution in [2.45, 2.75) is 32.4 Å². The summed E-state index contributed by atoms with van der Waals surface area (Å²) in [6.45, 7) is 6.47. The summed E-state index contributed by atoms with van der Waals surface area (Å²) in [6, 6.07) is 9.40. The number of benzene rings is 1. The molecule has 3 nitrogen and oxygen atoms in total. The minimum atomic E-state index is 0. The highest BCUT2D eigenvalue weighted by atomic mass is 35.5. The molecule has 1 aromatic rings. The van der Waals surface area contributed by atoms with Crippen LogP contribution in [0, 0.1) is 5.92 Å². The number of methoxy groups -OCH3 is 1. The molecular weight excluding hydrogens is 260 g/mol. The van der Waals surface area contributed by atoms with Crippen LogP contribution in [0.3, 0.4) is 0 Å². The summed E-state index contributed by atoms with van der Waals surface area (Å²) in [4.78, 5) is 2.55. The number of likely N-dealkylation sites (tertiary alicyclic amines) is 1. The molecule has 1 heterocycles. The first-order chi connectivity index (χ1) is 8.65. The largest absolute Gasteiger partial charge is 0.497 e. The van der Waals surface area contributed by atoms with Crippen LogP contribution >= 0.6 is 12.4 Å². The first-order valence-electron chi connectivity index (χ1n) is 6.75. The van der Waals surface area contributed by atoms with E-state index < -0.39 is 0 Å². The molecule has 3 atom stereocenters. The number of hydrogen-bond donors (Lipinski definition) is 1. The number of ether oxygens (including phenoxy) is 1. The van der Waals surface area contributed by atoms with Crippen molar-refractivity contribution in [3.8, 4) is 5.75 Å². The zero-order chi connectivity index (χ0) is 13.1. The van der Waals surface area contributed by atoms with Crippen molar-refractivity contribution in [3.63, 3.8) is 0 Å². The molecule has 1 fully saturated rings. The minimum absolute atomic E-state index is 0. The van der Waals surface area contributed by atoms with Gasteiger partial charge in [-0.15, -0.1) is 12.4 Å². The lowest BCUT2D eigenvalue weighted by atomic mass is 10.1. The molecule has 0 bridgehead atoms. The van der Waals surface area contributed by atoms with E-state index in [1.165, 1.54) is 12.0 Å². The third-order valence-corrected chi connectivity index (χ3v) is 4.12. The monoisotopic (exact) mass is 284 g/mol. The van der Waals surface area contributed by atoms with E-state index in [0.717, 1.165) is 18.8 Å². The van der Waals surface area contributed by atoms with Crippen molar-refractivity contribution in [1.29, 1.82) is 0 Å². The number of halogens is 1. The maximum Gasteiger partial charge on any atom is 0.119 e. The maximum absolute atomic E-state index is 5.80. The predicted octanol–water partition coefficient (Wildman–Crippen LogP) is 2.85. The van der Waals surface area contributed by atoms with E-state index in [0.29, 0.717) is 18.0 Å². The first kappa shape index (κ1) is 16.3. The van der Waals surface area contributed by atoms with Crippen LogP contribution in [-0.2, 0) is 0 Å². The van der Waals surface area contributed by atoms with Gasteiger partial charge in [0, 0.05) is 18.6 Å². The van der Waals surface area contributed by atoms with E-state index in [2.05, 4.69) is 36.9 Å². The van der Waals surface area contributed by atoms with Crippen molar-refractivity contribution in [2.75, 3.05) is 20.2 Å². The average molecular weight is 285 g/mol. The van der Waals surface area contributed by atoms with Crippen molar-refractivity contribution in [1.82, 2.24) is 4.90 Å². The van der Waals surface area contributed by atoms with Gasteiger partial charge in [-0.1, -0.05) is 12.1 Å². The molecule has 0 aliphatic carbocycles. The minimum Gasteiger partial charge on any atom is -0.497 e. The van der Waals surface area contributed by atoms with E-state index in [1.807, 2.05) is 6.07 Å². The molecule has 0 aromatic heterocycles. The Morgan fingerprint density at radius 1 is 1.47 bits per heavy atom. The van der Waals surface area contributed by atoms with Crippen LogP contribution in [-0.4, -0.2) is 31.1 Å². The number of hydrogen-bond acceptors (Lipinski definition) is 3. The summed E-state index contributed by atoms with van der Waals surface area (Å²) >= 11 is 0. The van der Waals surface area contributed by atoms with Crippen LogP contribution in [0.5, 0.6) is 5.75 Å². The predicted molar refractivity (Wildman–Crippen MR) is 82.0 cm³/mol. The zero-order valence-corrected chi connectivity index (χ0v) is 12.8. The highest BCUT2D eigenvalue weighted by Gasteiger charge is 2.31. The maximum atomic E-state index is 5.80. The molecule has 3 unspecified atom stereocenters. The molecule has 1 aliphatic heterocycles. The molecule has 0 saturated carbocycles. The van der Waals surface area contributed by atoms with Crippen LogP contribution in [0.25, 0.3) is 0 Å². The zero-order valence-electron chi connectivity index (χ0n) is 12.0. The Labute approximate surface area is 122 Å². The first-order valence-corrected chi connectivity index (χ1v) is 6.75. The summed E-state index contributed by atoms with van der Waals surface area (Å²) < 4.78 is 5.30. The number of nitrogens with zero attached hydrogens (tertiary/aromatic N) is 1. The van der Waals surface area contributed by atoms with Gasteiger partial charge in [-0.3, -0.25) is 4.90 Å². The third-order valence-electron chi connectivity index (χ3n) is 4.12. The SMILES string of the molecule is COc1cccc(C(C)N2CC(CN)CC2C)c1.Cl. The lowest BCUT2D eigenvalue weighted by Crippen LogP contribution is -2.30. The van der Waals surface area contributed by atoms with E-state index in [1.54, 1.807) is 7.11 Å². The van der Waals surface area contributed by atoms with E-state index in [-0.39, 0.29) is 12.4 Å². The molecular formula is C15H25ClN2O. The fraction of sp³-hybridized carbons (Fsp3) is 0.600. The van der Waals surface area contributed by atoms with Gasteiger partial charge in [0.1, 0.15) is 5.75 Å². The molecule has 108 valence electrons. The van der Waals surface area contributed by atoms with Gasteiger partial charge >= 0.3 is 0 Å². The van der Waals surface area contributed by atoms with Crippen molar-refractivity contribution in [3.05, 3.63) is 29.8 Å². The highest BCUT2D eigenvalue weighted by Crippen LogP contribution is 2.32. The average Bonchev–Trinajstić information content (AvgIpc) is 2.79. The Morgan fingerprint density at radius 2 is 2.21 bits per heavy atom. The summed E-state index contributed by atoms with van der Waals surface area (Å²) in [5, 5.41) is 0. The normalized spacial score (nSPS) is 24.8.